The molecule has 0 amide bonds. The molecule has 1 aliphatic rings. The van der Waals surface area contributed by atoms with Crippen molar-refractivity contribution in [1.82, 2.24) is 19.5 Å². The molecule has 0 aliphatic carbocycles. The highest BCUT2D eigenvalue weighted by Gasteiger charge is 2.51. The van der Waals surface area contributed by atoms with Gasteiger partial charge in [-0.2, -0.15) is 0 Å². The molecule has 0 aromatic carbocycles. The van der Waals surface area contributed by atoms with Gasteiger partial charge in [-0.05, 0) is 12.8 Å². The quantitative estimate of drug-likeness (QED) is 0.318. The molecule has 3 rings (SSSR count). The molecule has 0 radical (unpaired) electrons. The summed E-state index contributed by atoms with van der Waals surface area (Å²) in [6.07, 6.45) is 3.17. The van der Waals surface area contributed by atoms with Crippen molar-refractivity contribution in [1.29, 1.82) is 0 Å². The summed E-state index contributed by atoms with van der Waals surface area (Å²) in [4.78, 5) is 48.0. The number of aryl methyl sites for hydroxylation is 1. The van der Waals surface area contributed by atoms with Gasteiger partial charge in [0.05, 0.1) is 12.0 Å². The van der Waals surface area contributed by atoms with Crippen molar-refractivity contribution in [2.24, 2.45) is 0 Å². The minimum Gasteiger partial charge on any atom is -0.463 e. The smallest absolute Gasteiger partial charge is 0.303 e. The van der Waals surface area contributed by atoms with Gasteiger partial charge in [-0.3, -0.25) is 19.0 Å². The van der Waals surface area contributed by atoms with Crippen molar-refractivity contribution in [3.63, 3.8) is 0 Å². The number of nitrogens with zero attached hydrogens (tertiary/aromatic N) is 4. The van der Waals surface area contributed by atoms with E-state index in [0.717, 1.165) is 31.4 Å². The van der Waals surface area contributed by atoms with E-state index in [1.165, 1.54) is 33.4 Å². The molecular formula is C21H28N4O7. The third-order valence-corrected chi connectivity index (χ3v) is 5.07. The maximum absolute atomic E-state index is 11.8. The maximum Gasteiger partial charge on any atom is 0.303 e. The number of imidazole rings is 1. The standard InChI is InChI=1S/C21H28N4O7/c1-5-6-7-8-15-17-20(23-10-22-15)25(11-24-17)21-19(31-14(4)28)18(30-13(3)27)16(32-21)9-29-12(2)26/h10-11,16,18-19,21H,5-9H2,1-4H3/t16-,18-,19-,21-/m1/s1. The summed E-state index contributed by atoms with van der Waals surface area (Å²) < 4.78 is 23.6. The first-order valence-electron chi connectivity index (χ1n) is 10.6. The van der Waals surface area contributed by atoms with Gasteiger partial charge in [0, 0.05) is 20.8 Å². The molecule has 0 unspecified atom stereocenters. The van der Waals surface area contributed by atoms with Crippen LogP contribution >= 0.6 is 0 Å². The van der Waals surface area contributed by atoms with Gasteiger partial charge in [0.15, 0.2) is 24.1 Å². The first kappa shape index (κ1) is 23.6. The van der Waals surface area contributed by atoms with Crippen LogP contribution in [0.1, 0.15) is 58.9 Å². The highest BCUT2D eigenvalue weighted by molar-refractivity contribution is 5.73. The van der Waals surface area contributed by atoms with Crippen LogP contribution in [0.25, 0.3) is 11.2 Å². The summed E-state index contributed by atoms with van der Waals surface area (Å²) >= 11 is 0. The summed E-state index contributed by atoms with van der Waals surface area (Å²) in [6, 6.07) is 0. The van der Waals surface area contributed by atoms with E-state index in [0.29, 0.717) is 11.2 Å². The van der Waals surface area contributed by atoms with Gasteiger partial charge < -0.3 is 18.9 Å². The molecule has 1 fully saturated rings. The number of carbonyl (C=O) groups excluding carboxylic acids is 3. The van der Waals surface area contributed by atoms with E-state index in [9.17, 15) is 14.4 Å². The van der Waals surface area contributed by atoms with Crippen LogP contribution < -0.4 is 0 Å². The van der Waals surface area contributed by atoms with Crippen LogP contribution in [0.3, 0.4) is 0 Å². The van der Waals surface area contributed by atoms with E-state index in [-0.39, 0.29) is 6.61 Å². The van der Waals surface area contributed by atoms with Crippen LogP contribution in [-0.2, 0) is 39.8 Å². The fourth-order valence-corrected chi connectivity index (χ4v) is 3.73. The van der Waals surface area contributed by atoms with Crippen molar-refractivity contribution in [2.75, 3.05) is 6.61 Å². The third kappa shape index (κ3) is 5.39. The fraction of sp³-hybridized carbons (Fsp3) is 0.619. The number of hydrogen-bond acceptors (Lipinski definition) is 10. The highest BCUT2D eigenvalue weighted by atomic mass is 16.7. The molecule has 1 aliphatic heterocycles. The lowest BCUT2D eigenvalue weighted by molar-refractivity contribution is -0.166. The second-order valence-corrected chi connectivity index (χ2v) is 7.62. The number of esters is 3. The van der Waals surface area contributed by atoms with Gasteiger partial charge in [-0.1, -0.05) is 19.8 Å². The van der Waals surface area contributed by atoms with Gasteiger partial charge in [-0.25, -0.2) is 15.0 Å². The Morgan fingerprint density at radius 3 is 2.38 bits per heavy atom. The summed E-state index contributed by atoms with van der Waals surface area (Å²) in [5, 5.41) is 0. The summed E-state index contributed by atoms with van der Waals surface area (Å²) in [5.41, 5.74) is 1.95. The van der Waals surface area contributed by atoms with Crippen LogP contribution in [-0.4, -0.2) is 62.3 Å². The Labute approximate surface area is 185 Å². The summed E-state index contributed by atoms with van der Waals surface area (Å²) in [6.45, 7) is 5.70. The minimum atomic E-state index is -0.993. The lowest BCUT2D eigenvalue weighted by atomic mass is 10.1. The number of unbranched alkanes of at least 4 members (excludes halogenated alkanes) is 2. The molecule has 0 saturated carbocycles. The molecule has 4 atom stereocenters. The SMILES string of the molecule is CCCCCc1ncnc2c1ncn2[C@@H]1O[C@H](COC(C)=O)[C@@H](OC(C)=O)[C@H]1OC(C)=O. The molecule has 11 nitrogen and oxygen atoms in total. The Hall–Kier alpha value is -3.08. The molecule has 2 aromatic heterocycles. The number of carbonyl (C=O) groups is 3. The second kappa shape index (κ2) is 10.5. The molecule has 0 N–H and O–H groups in total. The topological polar surface area (TPSA) is 132 Å². The zero-order valence-corrected chi connectivity index (χ0v) is 18.6. The minimum absolute atomic E-state index is 0.175. The van der Waals surface area contributed by atoms with Crippen LogP contribution in [0.2, 0.25) is 0 Å². The lowest BCUT2D eigenvalue weighted by Crippen LogP contribution is -2.40. The highest BCUT2D eigenvalue weighted by Crippen LogP contribution is 2.36. The first-order chi connectivity index (χ1) is 15.3. The van der Waals surface area contributed by atoms with E-state index < -0.39 is 42.4 Å². The van der Waals surface area contributed by atoms with E-state index in [4.69, 9.17) is 18.9 Å². The zero-order valence-electron chi connectivity index (χ0n) is 18.6. The molecule has 32 heavy (non-hydrogen) atoms. The molecule has 0 bridgehead atoms. The van der Waals surface area contributed by atoms with E-state index in [1.807, 2.05) is 0 Å². The summed E-state index contributed by atoms with van der Waals surface area (Å²) in [7, 11) is 0. The van der Waals surface area contributed by atoms with Crippen molar-refractivity contribution >= 4 is 29.1 Å². The second-order valence-electron chi connectivity index (χ2n) is 7.62. The molecule has 1 saturated heterocycles. The maximum atomic E-state index is 11.8. The van der Waals surface area contributed by atoms with Crippen molar-refractivity contribution in [3.05, 3.63) is 18.3 Å². The van der Waals surface area contributed by atoms with Crippen LogP contribution in [0, 0.1) is 0 Å². The lowest BCUT2D eigenvalue weighted by Gasteiger charge is -2.23. The Balaban J connectivity index is 1.97. The van der Waals surface area contributed by atoms with Crippen molar-refractivity contribution in [3.8, 4) is 0 Å². The molecule has 2 aromatic rings. The Morgan fingerprint density at radius 1 is 1.00 bits per heavy atom. The normalized spacial score (nSPS) is 22.6. The number of aromatic nitrogens is 4. The van der Waals surface area contributed by atoms with Crippen molar-refractivity contribution < 1.29 is 33.3 Å². The Kier molecular flexibility index (Phi) is 7.73. The Bertz CT molecular complexity index is 976. The molecule has 11 heteroatoms. The zero-order chi connectivity index (χ0) is 23.3. The number of hydrogen-bond donors (Lipinski definition) is 0. The van der Waals surface area contributed by atoms with Gasteiger partial charge in [0.25, 0.3) is 0 Å². The molecule has 0 spiro atoms. The third-order valence-electron chi connectivity index (χ3n) is 5.07. The van der Waals surface area contributed by atoms with Gasteiger partial charge in [0.1, 0.15) is 24.6 Å². The first-order valence-corrected chi connectivity index (χ1v) is 10.6. The van der Waals surface area contributed by atoms with E-state index in [2.05, 4.69) is 21.9 Å². The monoisotopic (exact) mass is 448 g/mol. The van der Waals surface area contributed by atoms with Crippen LogP contribution in [0.15, 0.2) is 12.7 Å². The van der Waals surface area contributed by atoms with Gasteiger partial charge in [0.2, 0.25) is 0 Å². The van der Waals surface area contributed by atoms with Gasteiger partial charge >= 0.3 is 17.9 Å². The van der Waals surface area contributed by atoms with Crippen molar-refractivity contribution in [2.45, 2.75) is 77.9 Å². The molecule has 3 heterocycles. The fourth-order valence-electron chi connectivity index (χ4n) is 3.73. The number of ether oxygens (including phenoxy) is 4. The van der Waals surface area contributed by atoms with Crippen LogP contribution in [0.5, 0.6) is 0 Å². The largest absolute Gasteiger partial charge is 0.463 e. The average Bonchev–Trinajstić information content (AvgIpc) is 3.28. The predicted molar refractivity (Wildman–Crippen MR) is 110 cm³/mol. The summed E-state index contributed by atoms with van der Waals surface area (Å²) in [5.74, 6) is -1.67. The Morgan fingerprint density at radius 2 is 1.72 bits per heavy atom. The predicted octanol–water partition coefficient (Wildman–Crippen LogP) is 1.88. The average molecular weight is 448 g/mol. The molecular weight excluding hydrogens is 420 g/mol. The molecule has 174 valence electrons. The van der Waals surface area contributed by atoms with Crippen LogP contribution in [0.4, 0.5) is 0 Å². The number of rotatable bonds is 9. The van der Waals surface area contributed by atoms with E-state index in [1.54, 1.807) is 4.57 Å². The van der Waals surface area contributed by atoms with Gasteiger partial charge in [-0.15, -0.1) is 0 Å². The number of fused-ring (bicyclic) bond motifs is 1. The van der Waals surface area contributed by atoms with E-state index >= 15 is 0 Å².